The van der Waals surface area contributed by atoms with Crippen molar-refractivity contribution in [1.29, 1.82) is 0 Å². The van der Waals surface area contributed by atoms with Gasteiger partial charge in [0.05, 0.1) is 25.2 Å². The van der Waals surface area contributed by atoms with Crippen LogP contribution in [-0.2, 0) is 36.6 Å². The van der Waals surface area contributed by atoms with Crippen LogP contribution in [0.15, 0.2) is 45.6 Å². The lowest BCUT2D eigenvalue weighted by molar-refractivity contribution is -0.145. The van der Waals surface area contributed by atoms with Crippen molar-refractivity contribution in [2.75, 3.05) is 111 Å². The Bertz CT molecular complexity index is 2050. The SMILES string of the molecule is COCCN(C)CCCOC(=O)CCN1CCC(N2CCN(C(=O)[C@@H](Cc3cc(C)c4[nH]c(=O)oc4c3)OC(=O)N3CCC(N4CCc5ccccc5NC4=O)CC3)CC2)CC1. The number of carbonyl (C=O) groups excluding carboxylic acids is 4. The molecule has 0 unspecified atom stereocenters. The Balaban J connectivity index is 0.892. The van der Waals surface area contributed by atoms with Crippen LogP contribution in [0.5, 0.6) is 0 Å². The van der Waals surface area contributed by atoms with E-state index in [4.69, 9.17) is 18.6 Å². The van der Waals surface area contributed by atoms with Crippen molar-refractivity contribution in [2.24, 2.45) is 0 Å². The summed E-state index contributed by atoms with van der Waals surface area (Å²) in [5.41, 5.74) is 4.43. The largest absolute Gasteiger partial charge is 0.466 e. The molecule has 17 nitrogen and oxygen atoms in total. The highest BCUT2D eigenvalue weighted by Gasteiger charge is 2.36. The number of H-pyrrole nitrogens is 1. The smallest absolute Gasteiger partial charge is 0.417 e. The van der Waals surface area contributed by atoms with Gasteiger partial charge < -0.3 is 48.4 Å². The number of para-hydroxylation sites is 1. The molecule has 62 heavy (non-hydrogen) atoms. The number of aryl methyl sites for hydroxylation is 1. The number of nitrogens with zero attached hydrogens (tertiary/aromatic N) is 6. The van der Waals surface area contributed by atoms with E-state index in [1.807, 2.05) is 49.2 Å². The second kappa shape index (κ2) is 21.4. The van der Waals surface area contributed by atoms with Gasteiger partial charge in [-0.25, -0.2) is 14.4 Å². The van der Waals surface area contributed by atoms with Crippen LogP contribution < -0.4 is 11.1 Å². The average molecular weight is 861 g/mol. The van der Waals surface area contributed by atoms with Crippen LogP contribution >= 0.6 is 0 Å². The number of aromatic nitrogens is 1. The number of likely N-dealkylation sites (tertiary alicyclic amines) is 2. The lowest BCUT2D eigenvalue weighted by Gasteiger charge is -2.43. The Morgan fingerprint density at radius 3 is 2.39 bits per heavy atom. The Labute approximate surface area is 363 Å². The Kier molecular flexibility index (Phi) is 15.6. The third-order valence-electron chi connectivity index (χ3n) is 13.0. The number of hydrogen-bond donors (Lipinski definition) is 2. The molecule has 5 heterocycles. The van der Waals surface area contributed by atoms with E-state index in [-0.39, 0.29) is 30.4 Å². The van der Waals surface area contributed by atoms with Crippen molar-refractivity contribution in [3.63, 3.8) is 0 Å². The van der Waals surface area contributed by atoms with Crippen molar-refractivity contribution in [2.45, 2.75) is 76.5 Å². The minimum Gasteiger partial charge on any atom is -0.466 e. The Morgan fingerprint density at radius 1 is 0.887 bits per heavy atom. The van der Waals surface area contributed by atoms with E-state index >= 15 is 0 Å². The molecule has 0 spiro atoms. The van der Waals surface area contributed by atoms with Crippen molar-refractivity contribution >= 4 is 40.8 Å². The normalized spacial score (nSPS) is 19.0. The molecule has 0 bridgehead atoms. The van der Waals surface area contributed by atoms with Crippen LogP contribution in [0.25, 0.3) is 11.1 Å². The van der Waals surface area contributed by atoms with E-state index in [0.717, 1.165) is 74.2 Å². The Hall–Kier alpha value is -4.97. The zero-order valence-corrected chi connectivity index (χ0v) is 36.6. The lowest BCUT2D eigenvalue weighted by Crippen LogP contribution is -2.56. The van der Waals surface area contributed by atoms with Gasteiger partial charge in [0.15, 0.2) is 11.7 Å². The number of fused-ring (bicyclic) bond motifs is 2. The second-order valence-corrected chi connectivity index (χ2v) is 17.2. The van der Waals surface area contributed by atoms with E-state index < -0.39 is 18.0 Å². The molecule has 7 rings (SSSR count). The summed E-state index contributed by atoms with van der Waals surface area (Å²) in [6, 6.07) is 11.7. The first-order valence-corrected chi connectivity index (χ1v) is 22.4. The van der Waals surface area contributed by atoms with Crippen LogP contribution in [0.3, 0.4) is 0 Å². The van der Waals surface area contributed by atoms with Crippen LogP contribution in [0.2, 0.25) is 0 Å². The minimum absolute atomic E-state index is 0.0247. The maximum atomic E-state index is 14.3. The van der Waals surface area contributed by atoms with Crippen molar-refractivity contribution < 1.29 is 37.8 Å². The fourth-order valence-corrected chi connectivity index (χ4v) is 9.32. The summed E-state index contributed by atoms with van der Waals surface area (Å²) in [5, 5.41) is 3.05. The zero-order chi connectivity index (χ0) is 43.6. The fourth-order valence-electron chi connectivity index (χ4n) is 9.32. The number of benzene rings is 2. The quantitative estimate of drug-likeness (QED) is 0.159. The molecular formula is C45H64N8O9. The van der Waals surface area contributed by atoms with Crippen molar-refractivity contribution in [3.05, 3.63) is 63.6 Å². The zero-order valence-electron chi connectivity index (χ0n) is 36.6. The number of aromatic amines is 1. The maximum absolute atomic E-state index is 14.3. The summed E-state index contributed by atoms with van der Waals surface area (Å²) < 4.78 is 22.1. The van der Waals surface area contributed by atoms with Gasteiger partial charge in [0, 0.05) is 96.7 Å². The number of esters is 1. The first kappa shape index (κ1) is 45.1. The predicted molar refractivity (Wildman–Crippen MR) is 233 cm³/mol. The minimum atomic E-state index is -1.08. The molecule has 4 amide bonds. The summed E-state index contributed by atoms with van der Waals surface area (Å²) in [6.07, 6.45) is 3.59. The van der Waals surface area contributed by atoms with Crippen LogP contribution in [0.4, 0.5) is 15.3 Å². The number of carbonyl (C=O) groups is 4. The van der Waals surface area contributed by atoms with E-state index in [9.17, 15) is 24.0 Å². The van der Waals surface area contributed by atoms with Gasteiger partial charge in [-0.3, -0.25) is 19.5 Å². The molecule has 2 aromatic carbocycles. The van der Waals surface area contributed by atoms with Gasteiger partial charge in [-0.2, -0.15) is 0 Å². The van der Waals surface area contributed by atoms with Gasteiger partial charge in [-0.15, -0.1) is 0 Å². The molecule has 0 radical (unpaired) electrons. The molecule has 338 valence electrons. The molecule has 2 N–H and O–H groups in total. The van der Waals surface area contributed by atoms with Crippen LogP contribution in [0, 0.1) is 6.92 Å². The summed E-state index contributed by atoms with van der Waals surface area (Å²) in [4.78, 5) is 80.7. The molecule has 1 aromatic heterocycles. The van der Waals surface area contributed by atoms with Crippen LogP contribution in [0.1, 0.15) is 55.2 Å². The number of anilines is 1. The molecule has 17 heteroatoms. The number of piperazine rings is 1. The van der Waals surface area contributed by atoms with Gasteiger partial charge in [0.1, 0.15) is 0 Å². The highest BCUT2D eigenvalue weighted by Crippen LogP contribution is 2.26. The number of ether oxygens (including phenoxy) is 3. The first-order chi connectivity index (χ1) is 30.0. The molecule has 0 aliphatic carbocycles. The molecule has 3 aromatic rings. The summed E-state index contributed by atoms with van der Waals surface area (Å²) in [5.74, 6) is -0.960. The molecule has 4 aliphatic heterocycles. The number of oxazole rings is 1. The highest BCUT2D eigenvalue weighted by molar-refractivity contribution is 5.91. The van der Waals surface area contributed by atoms with E-state index in [0.29, 0.717) is 102 Å². The predicted octanol–water partition coefficient (Wildman–Crippen LogP) is 3.54. The van der Waals surface area contributed by atoms with Gasteiger partial charge in [-0.1, -0.05) is 24.3 Å². The lowest BCUT2D eigenvalue weighted by atomic mass is 10.0. The van der Waals surface area contributed by atoms with Crippen molar-refractivity contribution in [1.82, 2.24) is 34.4 Å². The third kappa shape index (κ3) is 11.7. The summed E-state index contributed by atoms with van der Waals surface area (Å²) in [6.45, 7) is 11.0. The van der Waals surface area contributed by atoms with Gasteiger partial charge >= 0.3 is 23.8 Å². The molecule has 0 saturated carbocycles. The third-order valence-corrected chi connectivity index (χ3v) is 13.0. The van der Waals surface area contributed by atoms with E-state index in [1.165, 1.54) is 0 Å². The van der Waals surface area contributed by atoms with Crippen molar-refractivity contribution in [3.8, 4) is 0 Å². The fraction of sp³-hybridized carbons (Fsp3) is 0.622. The Morgan fingerprint density at radius 2 is 1.63 bits per heavy atom. The molecule has 3 saturated heterocycles. The number of urea groups is 1. The first-order valence-electron chi connectivity index (χ1n) is 22.4. The standard InChI is InChI=1S/C45H64N8O9/c1-32-29-33(30-38-41(32)47-44(57)61-38)31-39(62-45(58)52-19-12-36(13-20-52)53-21-9-34-7-4-5-8-37(34)46-43(53)56)42(55)51-24-22-50(23-25-51)35-10-16-49(17-11-35)18-14-40(54)60-27-6-15-48(2)26-28-59-3/h4-5,7-8,29-30,35-36,39H,6,9-28,31H2,1-3H3,(H,46,56)(H,47,57)/t39-/m1/s1. The molecular weight excluding hydrogens is 797 g/mol. The summed E-state index contributed by atoms with van der Waals surface area (Å²) in [7, 11) is 3.72. The number of methoxy groups -OCH3 is 1. The molecule has 4 aliphatic rings. The van der Waals surface area contributed by atoms with E-state index in [2.05, 4.69) is 25.0 Å². The monoisotopic (exact) mass is 860 g/mol. The number of likely N-dealkylation sites (N-methyl/N-ethyl adjacent to an activating group) is 1. The number of piperidine rings is 2. The maximum Gasteiger partial charge on any atom is 0.417 e. The van der Waals surface area contributed by atoms with E-state index in [1.54, 1.807) is 23.0 Å². The highest BCUT2D eigenvalue weighted by atomic mass is 16.6. The molecule has 3 fully saturated rings. The number of hydrogen-bond acceptors (Lipinski definition) is 12. The van der Waals surface area contributed by atoms with Gasteiger partial charge in [-0.05, 0) is 94.4 Å². The number of nitrogens with one attached hydrogen (secondary N) is 2. The number of rotatable bonds is 16. The second-order valence-electron chi connectivity index (χ2n) is 17.2. The van der Waals surface area contributed by atoms with Gasteiger partial charge in [0.25, 0.3) is 5.91 Å². The van der Waals surface area contributed by atoms with Gasteiger partial charge in [0.2, 0.25) is 0 Å². The topological polar surface area (TPSA) is 173 Å². The molecule has 1 atom stereocenters. The average Bonchev–Trinajstić information content (AvgIpc) is 3.58. The van der Waals surface area contributed by atoms with Crippen LogP contribution in [-0.4, -0.2) is 182 Å². The summed E-state index contributed by atoms with van der Waals surface area (Å²) >= 11 is 0. The number of amides is 4.